The van der Waals surface area contributed by atoms with Crippen LogP contribution in [0, 0.1) is 4.77 Å². The summed E-state index contributed by atoms with van der Waals surface area (Å²) in [5, 5.41) is 12.6. The molecule has 2 heterocycles. The molecule has 0 saturated carbocycles. The number of aryl methyl sites for hydroxylation is 1. The first-order chi connectivity index (χ1) is 7.36. The minimum atomic E-state index is 0.308. The monoisotopic (exact) mass is 238 g/mol. The number of fused-ring (bicyclic) bond motifs is 1. The summed E-state index contributed by atoms with van der Waals surface area (Å²) in [5.74, 6) is 0. The second-order valence-electron chi connectivity index (χ2n) is 3.66. The number of nitrogens with zero attached hydrogens (tertiary/aromatic N) is 3. The zero-order valence-corrected chi connectivity index (χ0v) is 9.64. The van der Waals surface area contributed by atoms with Crippen LogP contribution in [0.2, 0.25) is 0 Å². The Morgan fingerprint density at radius 3 is 3.33 bits per heavy atom. The third kappa shape index (κ3) is 1.44. The van der Waals surface area contributed by atoms with E-state index < -0.39 is 0 Å². The van der Waals surface area contributed by atoms with Crippen LogP contribution >= 0.6 is 23.6 Å². The number of rotatable bonds is 1. The first kappa shape index (κ1) is 9.23. The van der Waals surface area contributed by atoms with Crippen molar-refractivity contribution in [1.82, 2.24) is 20.2 Å². The van der Waals surface area contributed by atoms with Crippen molar-refractivity contribution in [2.24, 2.45) is 0 Å². The molecule has 0 radical (unpaired) electrons. The summed E-state index contributed by atoms with van der Waals surface area (Å²) in [7, 11) is 0. The van der Waals surface area contributed by atoms with Gasteiger partial charge in [0.15, 0.2) is 0 Å². The summed E-state index contributed by atoms with van der Waals surface area (Å²) in [4.78, 5) is 1.47. The minimum absolute atomic E-state index is 0.308. The number of thiophene rings is 1. The molecule has 0 aliphatic heterocycles. The van der Waals surface area contributed by atoms with Crippen LogP contribution in [0.3, 0.4) is 0 Å². The molecule has 6 heteroatoms. The predicted molar refractivity (Wildman–Crippen MR) is 60.6 cm³/mol. The average Bonchev–Trinajstić information content (AvgIpc) is 2.85. The Kier molecular flexibility index (Phi) is 2.17. The molecule has 78 valence electrons. The van der Waals surface area contributed by atoms with E-state index in [1.807, 2.05) is 16.0 Å². The maximum atomic E-state index is 5.13. The van der Waals surface area contributed by atoms with Crippen molar-refractivity contribution in [3.8, 4) is 0 Å². The molecule has 0 aromatic carbocycles. The molecule has 15 heavy (non-hydrogen) atoms. The topological polar surface area (TPSA) is 46.5 Å². The van der Waals surface area contributed by atoms with Gasteiger partial charge in [-0.3, -0.25) is 0 Å². The van der Waals surface area contributed by atoms with Crippen molar-refractivity contribution in [3.05, 3.63) is 26.7 Å². The highest BCUT2D eigenvalue weighted by atomic mass is 32.1. The van der Waals surface area contributed by atoms with Crippen LogP contribution in [-0.4, -0.2) is 20.2 Å². The van der Waals surface area contributed by atoms with E-state index in [-0.39, 0.29) is 0 Å². The Balaban J connectivity index is 2.11. The molecule has 2 aromatic heterocycles. The van der Waals surface area contributed by atoms with Crippen molar-refractivity contribution in [3.63, 3.8) is 0 Å². The fourth-order valence-corrected chi connectivity index (χ4v) is 3.33. The molecule has 3 rings (SSSR count). The molecule has 0 fully saturated rings. The first-order valence-electron chi connectivity index (χ1n) is 4.92. The Bertz CT molecular complexity index is 524. The van der Waals surface area contributed by atoms with Crippen molar-refractivity contribution in [1.29, 1.82) is 0 Å². The Labute approximate surface area is 95.9 Å². The second-order valence-corrected chi connectivity index (χ2v) is 5.03. The number of hydrogen-bond donors (Lipinski definition) is 1. The molecule has 1 aliphatic carbocycles. The van der Waals surface area contributed by atoms with Crippen molar-refractivity contribution < 1.29 is 0 Å². The van der Waals surface area contributed by atoms with Crippen LogP contribution in [0.15, 0.2) is 11.4 Å². The molecule has 4 nitrogen and oxygen atoms in total. The van der Waals surface area contributed by atoms with E-state index in [4.69, 9.17) is 12.2 Å². The quantitative estimate of drug-likeness (QED) is 0.776. The molecule has 0 spiro atoms. The average molecular weight is 238 g/mol. The van der Waals surface area contributed by atoms with Gasteiger partial charge in [0.2, 0.25) is 4.77 Å². The number of aromatic amines is 1. The highest BCUT2D eigenvalue weighted by molar-refractivity contribution is 7.71. The molecule has 1 unspecified atom stereocenters. The van der Waals surface area contributed by atoms with Gasteiger partial charge in [0.1, 0.15) is 0 Å². The van der Waals surface area contributed by atoms with Gasteiger partial charge in [-0.2, -0.15) is 5.21 Å². The zero-order chi connectivity index (χ0) is 10.3. The van der Waals surface area contributed by atoms with Gasteiger partial charge in [0, 0.05) is 4.88 Å². The van der Waals surface area contributed by atoms with Crippen molar-refractivity contribution in [2.75, 3.05) is 0 Å². The Morgan fingerprint density at radius 2 is 2.53 bits per heavy atom. The fraction of sp³-hybridized carbons (Fsp3) is 0.444. The van der Waals surface area contributed by atoms with Crippen LogP contribution in [0.5, 0.6) is 0 Å². The molecule has 0 amide bonds. The van der Waals surface area contributed by atoms with E-state index in [2.05, 4.69) is 27.0 Å². The van der Waals surface area contributed by atoms with Gasteiger partial charge in [-0.1, -0.05) is 10.3 Å². The van der Waals surface area contributed by atoms with E-state index in [0.717, 1.165) is 6.42 Å². The third-order valence-corrected chi connectivity index (χ3v) is 4.10. The molecular weight excluding hydrogens is 228 g/mol. The van der Waals surface area contributed by atoms with Gasteiger partial charge in [-0.15, -0.1) is 11.3 Å². The fourth-order valence-electron chi connectivity index (χ4n) is 2.14. The number of hydrogen-bond acceptors (Lipinski definition) is 4. The van der Waals surface area contributed by atoms with Crippen LogP contribution in [0.25, 0.3) is 0 Å². The summed E-state index contributed by atoms with van der Waals surface area (Å²) >= 11 is 6.96. The second kappa shape index (κ2) is 3.53. The SMILES string of the molecule is S=c1nn[nH]n1C1CCCc2sccc21. The lowest BCUT2D eigenvalue weighted by Gasteiger charge is -2.22. The molecule has 1 N–H and O–H groups in total. The molecule has 2 aromatic rings. The zero-order valence-electron chi connectivity index (χ0n) is 8.01. The third-order valence-electron chi connectivity index (χ3n) is 2.83. The first-order valence-corrected chi connectivity index (χ1v) is 6.21. The smallest absolute Gasteiger partial charge is 0.235 e. The van der Waals surface area contributed by atoms with Gasteiger partial charge in [-0.05, 0) is 48.5 Å². The van der Waals surface area contributed by atoms with Gasteiger partial charge in [0.25, 0.3) is 0 Å². The molecule has 0 bridgehead atoms. The highest BCUT2D eigenvalue weighted by Gasteiger charge is 2.23. The lowest BCUT2D eigenvalue weighted by atomic mass is 9.94. The molecular formula is C9H10N4S2. The maximum absolute atomic E-state index is 5.13. The standard InChI is InChI=1S/C9H10N4S2/c14-9-10-11-12-13(9)7-2-1-3-8-6(7)4-5-15-8/h4-5,7H,1-3H2,(H,10,12,14). The van der Waals surface area contributed by atoms with Crippen LogP contribution in [0.1, 0.15) is 29.3 Å². The molecule has 0 saturated heterocycles. The summed E-state index contributed by atoms with van der Waals surface area (Å²) in [5.41, 5.74) is 1.38. The number of H-pyrrole nitrogens is 1. The number of aromatic nitrogens is 4. The van der Waals surface area contributed by atoms with E-state index in [1.54, 1.807) is 0 Å². The summed E-state index contributed by atoms with van der Waals surface area (Å²) in [6.07, 6.45) is 3.51. The van der Waals surface area contributed by atoms with Crippen molar-refractivity contribution in [2.45, 2.75) is 25.3 Å². The number of nitrogens with one attached hydrogen (secondary N) is 1. The summed E-state index contributed by atoms with van der Waals surface area (Å²) in [6.45, 7) is 0. The maximum Gasteiger partial charge on any atom is 0.238 e. The van der Waals surface area contributed by atoms with Crippen LogP contribution in [0.4, 0.5) is 0 Å². The Morgan fingerprint density at radius 1 is 1.60 bits per heavy atom. The summed E-state index contributed by atoms with van der Waals surface area (Å²) < 4.78 is 2.43. The van der Waals surface area contributed by atoms with Crippen LogP contribution in [-0.2, 0) is 6.42 Å². The summed E-state index contributed by atoms with van der Waals surface area (Å²) in [6, 6.07) is 2.49. The van der Waals surface area contributed by atoms with E-state index in [0.29, 0.717) is 10.8 Å². The molecule has 1 aliphatic rings. The van der Waals surface area contributed by atoms with E-state index in [1.165, 1.54) is 23.3 Å². The minimum Gasteiger partial charge on any atom is -0.235 e. The van der Waals surface area contributed by atoms with Gasteiger partial charge < -0.3 is 0 Å². The van der Waals surface area contributed by atoms with Gasteiger partial charge in [-0.25, -0.2) is 4.68 Å². The van der Waals surface area contributed by atoms with E-state index >= 15 is 0 Å². The lowest BCUT2D eigenvalue weighted by Crippen LogP contribution is -2.17. The van der Waals surface area contributed by atoms with Gasteiger partial charge >= 0.3 is 0 Å². The largest absolute Gasteiger partial charge is 0.238 e. The van der Waals surface area contributed by atoms with Crippen LogP contribution < -0.4 is 0 Å². The van der Waals surface area contributed by atoms with Crippen molar-refractivity contribution >= 4 is 23.6 Å². The van der Waals surface area contributed by atoms with E-state index in [9.17, 15) is 0 Å². The predicted octanol–water partition coefficient (Wildman–Crippen LogP) is 2.32. The number of tetrazole rings is 1. The van der Waals surface area contributed by atoms with Gasteiger partial charge in [0.05, 0.1) is 6.04 Å². The molecule has 1 atom stereocenters. The highest BCUT2D eigenvalue weighted by Crippen LogP contribution is 2.35. The normalized spacial score (nSPS) is 20.1. The lowest BCUT2D eigenvalue weighted by molar-refractivity contribution is 0.440. The Hall–Kier alpha value is -1.01.